The Labute approximate surface area is 126 Å². The number of nitrogens with one attached hydrogen (secondary N) is 1. The van der Waals surface area contributed by atoms with Gasteiger partial charge >= 0.3 is 0 Å². The lowest BCUT2D eigenvalue weighted by molar-refractivity contribution is 0.136. The number of nitrogens with zero attached hydrogens (tertiary/aromatic N) is 2. The summed E-state index contributed by atoms with van der Waals surface area (Å²) in [6, 6.07) is 3.42. The Morgan fingerprint density at radius 3 is 2.95 bits per heavy atom. The molecule has 0 saturated carbocycles. The average Bonchev–Trinajstić information content (AvgIpc) is 2.74. The summed E-state index contributed by atoms with van der Waals surface area (Å²) < 4.78 is 18.6. The van der Waals surface area contributed by atoms with Crippen LogP contribution in [0.2, 0.25) is 0 Å². The normalized spacial score (nSPS) is 20.0. The SMILES string of the molecule is CCNC(c1ccc(F)cn1)C(C)CN1CCCOCC1. The van der Waals surface area contributed by atoms with Gasteiger partial charge in [0.2, 0.25) is 0 Å². The van der Waals surface area contributed by atoms with Crippen molar-refractivity contribution >= 4 is 0 Å². The Morgan fingerprint density at radius 1 is 1.38 bits per heavy atom. The summed E-state index contributed by atoms with van der Waals surface area (Å²) >= 11 is 0. The van der Waals surface area contributed by atoms with Crippen LogP contribution < -0.4 is 5.32 Å². The fourth-order valence-corrected chi connectivity index (χ4v) is 2.88. The van der Waals surface area contributed by atoms with Crippen LogP contribution in [0.5, 0.6) is 0 Å². The van der Waals surface area contributed by atoms with Crippen molar-refractivity contribution in [3.05, 3.63) is 29.8 Å². The summed E-state index contributed by atoms with van der Waals surface area (Å²) in [7, 11) is 0. The maximum atomic E-state index is 13.0. The van der Waals surface area contributed by atoms with Gasteiger partial charge in [-0.3, -0.25) is 4.98 Å². The van der Waals surface area contributed by atoms with E-state index in [1.807, 2.05) is 0 Å². The third-order valence-electron chi connectivity index (χ3n) is 3.92. The first-order valence-electron chi connectivity index (χ1n) is 7.85. The first-order valence-corrected chi connectivity index (χ1v) is 7.85. The van der Waals surface area contributed by atoms with Gasteiger partial charge in [-0.05, 0) is 31.0 Å². The van der Waals surface area contributed by atoms with Gasteiger partial charge in [0.1, 0.15) is 5.82 Å². The van der Waals surface area contributed by atoms with E-state index >= 15 is 0 Å². The van der Waals surface area contributed by atoms with Crippen LogP contribution in [0.4, 0.5) is 4.39 Å². The number of ether oxygens (including phenoxy) is 1. The minimum atomic E-state index is -0.286. The van der Waals surface area contributed by atoms with E-state index in [1.54, 1.807) is 6.07 Å². The predicted octanol–water partition coefficient (Wildman–Crippen LogP) is 2.23. The van der Waals surface area contributed by atoms with Gasteiger partial charge in [0.25, 0.3) is 0 Å². The van der Waals surface area contributed by atoms with Gasteiger partial charge in [-0.2, -0.15) is 0 Å². The van der Waals surface area contributed by atoms with Crippen molar-refractivity contribution in [1.82, 2.24) is 15.2 Å². The highest BCUT2D eigenvalue weighted by molar-refractivity contribution is 5.11. The monoisotopic (exact) mass is 295 g/mol. The second-order valence-electron chi connectivity index (χ2n) is 5.68. The molecule has 2 heterocycles. The van der Waals surface area contributed by atoms with E-state index in [0.717, 1.165) is 51.5 Å². The van der Waals surface area contributed by atoms with Gasteiger partial charge in [-0.25, -0.2) is 4.39 Å². The summed E-state index contributed by atoms with van der Waals surface area (Å²) in [6.07, 6.45) is 2.39. The fraction of sp³-hybridized carbons (Fsp3) is 0.688. The van der Waals surface area contributed by atoms with Gasteiger partial charge < -0.3 is 15.0 Å². The molecule has 0 radical (unpaired) electrons. The van der Waals surface area contributed by atoms with Crippen LogP contribution in [0.25, 0.3) is 0 Å². The molecule has 0 amide bonds. The van der Waals surface area contributed by atoms with Crippen molar-refractivity contribution in [3.8, 4) is 0 Å². The number of rotatable bonds is 6. The summed E-state index contributed by atoms with van der Waals surface area (Å²) in [6.45, 7) is 9.93. The predicted molar refractivity (Wildman–Crippen MR) is 81.7 cm³/mol. The molecule has 21 heavy (non-hydrogen) atoms. The molecule has 2 atom stereocenters. The van der Waals surface area contributed by atoms with Crippen LogP contribution in [0.15, 0.2) is 18.3 Å². The Hall–Kier alpha value is -1.04. The molecule has 2 unspecified atom stereocenters. The fourth-order valence-electron chi connectivity index (χ4n) is 2.88. The highest BCUT2D eigenvalue weighted by atomic mass is 19.1. The van der Waals surface area contributed by atoms with E-state index in [9.17, 15) is 4.39 Å². The molecule has 1 aromatic heterocycles. The first-order chi connectivity index (χ1) is 10.2. The maximum Gasteiger partial charge on any atom is 0.141 e. The van der Waals surface area contributed by atoms with Gasteiger partial charge in [0, 0.05) is 26.2 Å². The van der Waals surface area contributed by atoms with Crippen molar-refractivity contribution in [2.24, 2.45) is 5.92 Å². The third kappa shape index (κ3) is 5.02. The first kappa shape index (κ1) is 16.3. The number of hydrogen-bond acceptors (Lipinski definition) is 4. The Kier molecular flexibility index (Phi) is 6.54. The van der Waals surface area contributed by atoms with Crippen LogP contribution in [0, 0.1) is 11.7 Å². The summed E-state index contributed by atoms with van der Waals surface area (Å²) in [4.78, 5) is 6.70. The van der Waals surface area contributed by atoms with Crippen LogP contribution in [-0.4, -0.2) is 49.3 Å². The molecule has 1 saturated heterocycles. The molecule has 1 fully saturated rings. The molecule has 118 valence electrons. The lowest BCUT2D eigenvalue weighted by Crippen LogP contribution is -2.37. The largest absolute Gasteiger partial charge is 0.380 e. The number of pyridine rings is 1. The molecule has 0 bridgehead atoms. The topological polar surface area (TPSA) is 37.4 Å². The van der Waals surface area contributed by atoms with Crippen LogP contribution in [-0.2, 0) is 4.74 Å². The lowest BCUT2D eigenvalue weighted by Gasteiger charge is -2.29. The van der Waals surface area contributed by atoms with E-state index in [2.05, 4.69) is 29.0 Å². The molecule has 1 aromatic rings. The van der Waals surface area contributed by atoms with Crippen molar-refractivity contribution in [1.29, 1.82) is 0 Å². The lowest BCUT2D eigenvalue weighted by atomic mass is 9.97. The van der Waals surface area contributed by atoms with Crippen LogP contribution in [0.3, 0.4) is 0 Å². The van der Waals surface area contributed by atoms with E-state index in [-0.39, 0.29) is 11.9 Å². The number of halogens is 1. The average molecular weight is 295 g/mol. The minimum Gasteiger partial charge on any atom is -0.380 e. The Morgan fingerprint density at radius 2 is 2.24 bits per heavy atom. The van der Waals surface area contributed by atoms with Gasteiger partial charge in [-0.15, -0.1) is 0 Å². The number of hydrogen-bond donors (Lipinski definition) is 1. The molecule has 0 spiro atoms. The van der Waals surface area contributed by atoms with Crippen molar-refractivity contribution < 1.29 is 9.13 Å². The van der Waals surface area contributed by atoms with E-state index < -0.39 is 0 Å². The van der Waals surface area contributed by atoms with Crippen LogP contribution >= 0.6 is 0 Å². The molecular weight excluding hydrogens is 269 g/mol. The highest BCUT2D eigenvalue weighted by Gasteiger charge is 2.22. The summed E-state index contributed by atoms with van der Waals surface area (Å²) in [5, 5.41) is 3.48. The van der Waals surface area contributed by atoms with Crippen LogP contribution in [0.1, 0.15) is 32.0 Å². The van der Waals surface area contributed by atoms with Crippen molar-refractivity contribution in [3.63, 3.8) is 0 Å². The molecule has 4 nitrogen and oxygen atoms in total. The van der Waals surface area contributed by atoms with Gasteiger partial charge in [0.15, 0.2) is 0 Å². The van der Waals surface area contributed by atoms with Crippen molar-refractivity contribution in [2.75, 3.05) is 39.4 Å². The zero-order valence-electron chi connectivity index (χ0n) is 13.0. The Balaban J connectivity index is 2.00. The van der Waals surface area contributed by atoms with Gasteiger partial charge in [-0.1, -0.05) is 13.8 Å². The molecule has 2 rings (SSSR count). The molecular formula is C16H26FN3O. The zero-order chi connectivity index (χ0) is 15.1. The standard InChI is InChI=1S/C16H26FN3O/c1-3-18-16(15-6-5-14(17)11-19-15)13(2)12-20-7-4-9-21-10-8-20/h5-6,11,13,16,18H,3-4,7-10,12H2,1-2H3. The molecule has 1 aliphatic rings. The molecule has 0 aliphatic carbocycles. The molecule has 1 N–H and O–H groups in total. The number of aromatic nitrogens is 1. The van der Waals surface area contributed by atoms with E-state index in [4.69, 9.17) is 4.74 Å². The summed E-state index contributed by atoms with van der Waals surface area (Å²) in [5.41, 5.74) is 0.914. The quantitative estimate of drug-likeness (QED) is 0.873. The smallest absolute Gasteiger partial charge is 0.141 e. The second kappa shape index (κ2) is 8.41. The highest BCUT2D eigenvalue weighted by Crippen LogP contribution is 2.21. The van der Waals surface area contributed by atoms with E-state index in [1.165, 1.54) is 12.3 Å². The Bertz CT molecular complexity index is 404. The molecule has 1 aliphatic heterocycles. The van der Waals surface area contributed by atoms with E-state index in [0.29, 0.717) is 5.92 Å². The third-order valence-corrected chi connectivity index (χ3v) is 3.92. The summed E-state index contributed by atoms with van der Waals surface area (Å²) in [5.74, 6) is 0.118. The van der Waals surface area contributed by atoms with Gasteiger partial charge in [0.05, 0.1) is 24.5 Å². The maximum absolute atomic E-state index is 13.0. The minimum absolute atomic E-state index is 0.153. The van der Waals surface area contributed by atoms with Crippen molar-refractivity contribution in [2.45, 2.75) is 26.3 Å². The molecule has 5 heteroatoms. The second-order valence-corrected chi connectivity index (χ2v) is 5.68. The zero-order valence-corrected chi connectivity index (χ0v) is 13.0. The molecule has 0 aromatic carbocycles.